The summed E-state index contributed by atoms with van der Waals surface area (Å²) in [5.41, 5.74) is 1.80. The number of ether oxygens (including phenoxy) is 1. The van der Waals surface area contributed by atoms with Crippen LogP contribution in [0, 0.1) is 5.92 Å². The Morgan fingerprint density at radius 2 is 1.86 bits per heavy atom. The fraction of sp³-hybridized carbons (Fsp3) is 0.333. The van der Waals surface area contributed by atoms with Gasteiger partial charge < -0.3 is 15.2 Å². The van der Waals surface area contributed by atoms with Crippen molar-refractivity contribution in [1.82, 2.24) is 5.32 Å². The Bertz CT molecular complexity index is 599. The van der Waals surface area contributed by atoms with Crippen LogP contribution >= 0.6 is 0 Å². The first kappa shape index (κ1) is 14.1. The summed E-state index contributed by atoms with van der Waals surface area (Å²) in [5.74, 6) is 1.06. The summed E-state index contributed by atoms with van der Waals surface area (Å²) in [4.78, 5) is 0. The Labute approximate surface area is 125 Å². The van der Waals surface area contributed by atoms with Crippen LogP contribution in [0.15, 0.2) is 54.6 Å². The molecule has 3 rings (SSSR count). The van der Waals surface area contributed by atoms with E-state index in [2.05, 4.69) is 24.4 Å². The van der Waals surface area contributed by atoms with E-state index >= 15 is 0 Å². The molecule has 0 radical (unpaired) electrons. The second-order valence-corrected chi connectivity index (χ2v) is 5.68. The van der Waals surface area contributed by atoms with Gasteiger partial charge in [-0.2, -0.15) is 0 Å². The van der Waals surface area contributed by atoms with Crippen molar-refractivity contribution in [2.24, 2.45) is 5.92 Å². The molecule has 0 aliphatic carbocycles. The molecule has 2 aromatic carbocycles. The van der Waals surface area contributed by atoms with Crippen LogP contribution < -0.4 is 10.1 Å². The minimum absolute atomic E-state index is 0.0569. The number of benzene rings is 2. The number of nitrogens with one attached hydrogen (secondary N) is 1. The highest BCUT2D eigenvalue weighted by Crippen LogP contribution is 2.40. The van der Waals surface area contributed by atoms with Crippen LogP contribution in [0.4, 0.5) is 0 Å². The lowest BCUT2D eigenvalue weighted by Crippen LogP contribution is -2.54. The van der Waals surface area contributed by atoms with E-state index in [4.69, 9.17) is 4.74 Å². The lowest BCUT2D eigenvalue weighted by Gasteiger charge is -2.43. The van der Waals surface area contributed by atoms with Gasteiger partial charge in [0.1, 0.15) is 5.75 Å². The molecule has 0 bridgehead atoms. The molecular formula is C18H21NO2. The largest absolute Gasteiger partial charge is 0.493 e. The van der Waals surface area contributed by atoms with E-state index in [1.807, 2.05) is 42.5 Å². The van der Waals surface area contributed by atoms with Crippen molar-refractivity contribution in [1.29, 1.82) is 0 Å². The van der Waals surface area contributed by atoms with Crippen LogP contribution in [0.25, 0.3) is 0 Å². The topological polar surface area (TPSA) is 41.5 Å². The van der Waals surface area contributed by atoms with Gasteiger partial charge in [0.15, 0.2) is 0 Å². The molecule has 1 aliphatic heterocycles. The highest BCUT2D eigenvalue weighted by Gasteiger charge is 2.42. The summed E-state index contributed by atoms with van der Waals surface area (Å²) < 4.78 is 5.79. The van der Waals surface area contributed by atoms with Crippen molar-refractivity contribution >= 4 is 0 Å². The third-order valence-corrected chi connectivity index (χ3v) is 4.40. The molecule has 0 saturated carbocycles. The maximum Gasteiger partial charge on any atom is 0.124 e. The molecule has 3 heteroatoms. The average molecular weight is 283 g/mol. The maximum atomic E-state index is 10.1. The molecule has 0 fully saturated rings. The van der Waals surface area contributed by atoms with Crippen LogP contribution in [0.1, 0.15) is 18.1 Å². The van der Waals surface area contributed by atoms with E-state index in [1.54, 1.807) is 0 Å². The van der Waals surface area contributed by atoms with Crippen LogP contribution in [-0.2, 0) is 12.1 Å². The van der Waals surface area contributed by atoms with Gasteiger partial charge in [0, 0.05) is 18.0 Å². The van der Waals surface area contributed by atoms with Crippen LogP contribution in [0.5, 0.6) is 5.75 Å². The Kier molecular flexibility index (Phi) is 3.95. The number of rotatable bonds is 4. The van der Waals surface area contributed by atoms with Crippen molar-refractivity contribution < 1.29 is 9.84 Å². The molecule has 2 atom stereocenters. The second kappa shape index (κ2) is 5.88. The zero-order valence-electron chi connectivity index (χ0n) is 12.3. The highest BCUT2D eigenvalue weighted by atomic mass is 16.5. The predicted octanol–water partition coefficient (Wildman–Crippen LogP) is 2.69. The first-order valence-corrected chi connectivity index (χ1v) is 7.38. The molecule has 1 heterocycles. The smallest absolute Gasteiger partial charge is 0.124 e. The number of aliphatic hydroxyl groups is 1. The van der Waals surface area contributed by atoms with Crippen molar-refractivity contribution in [2.45, 2.75) is 19.0 Å². The van der Waals surface area contributed by atoms with Gasteiger partial charge in [-0.15, -0.1) is 0 Å². The quantitative estimate of drug-likeness (QED) is 0.906. The van der Waals surface area contributed by atoms with E-state index in [-0.39, 0.29) is 12.5 Å². The van der Waals surface area contributed by atoms with E-state index in [0.717, 1.165) is 17.9 Å². The Morgan fingerprint density at radius 3 is 2.62 bits per heavy atom. The zero-order valence-corrected chi connectivity index (χ0v) is 12.3. The fourth-order valence-electron chi connectivity index (χ4n) is 3.01. The van der Waals surface area contributed by atoms with Gasteiger partial charge in [-0.05, 0) is 11.6 Å². The number of fused-ring (bicyclic) bond motifs is 1. The molecule has 0 saturated heterocycles. The van der Waals surface area contributed by atoms with Gasteiger partial charge in [0.25, 0.3) is 0 Å². The van der Waals surface area contributed by atoms with Crippen molar-refractivity contribution in [3.05, 3.63) is 65.7 Å². The first-order chi connectivity index (χ1) is 10.3. The number of hydrogen-bond donors (Lipinski definition) is 2. The molecule has 1 aliphatic rings. The molecule has 2 unspecified atom stereocenters. The average Bonchev–Trinajstić information content (AvgIpc) is 2.55. The fourth-order valence-corrected chi connectivity index (χ4v) is 3.01. The maximum absolute atomic E-state index is 10.1. The molecule has 0 amide bonds. The van der Waals surface area contributed by atoms with E-state index in [1.165, 1.54) is 5.56 Å². The van der Waals surface area contributed by atoms with Crippen LogP contribution in [-0.4, -0.2) is 18.3 Å². The molecule has 0 aromatic heterocycles. The third kappa shape index (κ3) is 2.55. The number of hydrogen-bond acceptors (Lipinski definition) is 3. The minimum atomic E-state index is -0.454. The molecule has 2 aromatic rings. The normalized spacial score (nSPS) is 24.2. The molecule has 2 N–H and O–H groups in total. The van der Waals surface area contributed by atoms with Crippen molar-refractivity contribution in [2.75, 3.05) is 13.2 Å². The van der Waals surface area contributed by atoms with E-state index in [9.17, 15) is 5.11 Å². The molecular weight excluding hydrogens is 262 g/mol. The van der Waals surface area contributed by atoms with Gasteiger partial charge >= 0.3 is 0 Å². The van der Waals surface area contributed by atoms with Crippen molar-refractivity contribution in [3.63, 3.8) is 0 Å². The summed E-state index contributed by atoms with van der Waals surface area (Å²) in [6.07, 6.45) is 0. The molecule has 0 spiro atoms. The highest BCUT2D eigenvalue weighted by molar-refractivity contribution is 5.42. The first-order valence-electron chi connectivity index (χ1n) is 7.38. The van der Waals surface area contributed by atoms with Gasteiger partial charge in [0.05, 0.1) is 18.8 Å². The number of aliphatic hydroxyl groups excluding tert-OH is 1. The third-order valence-electron chi connectivity index (χ3n) is 4.40. The summed E-state index contributed by atoms with van der Waals surface area (Å²) in [5, 5.41) is 13.7. The van der Waals surface area contributed by atoms with Gasteiger partial charge in [-0.3, -0.25) is 0 Å². The van der Waals surface area contributed by atoms with E-state index in [0.29, 0.717) is 6.61 Å². The van der Waals surface area contributed by atoms with Crippen LogP contribution in [0.3, 0.4) is 0 Å². The van der Waals surface area contributed by atoms with Crippen LogP contribution in [0.2, 0.25) is 0 Å². The Morgan fingerprint density at radius 1 is 1.14 bits per heavy atom. The zero-order chi connectivity index (χ0) is 14.7. The van der Waals surface area contributed by atoms with E-state index < -0.39 is 5.54 Å². The molecule has 110 valence electrons. The molecule has 3 nitrogen and oxygen atoms in total. The van der Waals surface area contributed by atoms with Gasteiger partial charge in [-0.1, -0.05) is 55.5 Å². The Hall–Kier alpha value is -1.84. The SMILES string of the molecule is CC1COc2ccccc2C1(CO)NCc1ccccc1. The van der Waals surface area contributed by atoms with Gasteiger partial charge in [-0.25, -0.2) is 0 Å². The summed E-state index contributed by atoms with van der Waals surface area (Å²) in [6.45, 7) is 3.50. The summed E-state index contributed by atoms with van der Waals surface area (Å²) in [7, 11) is 0. The number of para-hydroxylation sites is 1. The second-order valence-electron chi connectivity index (χ2n) is 5.68. The lowest BCUT2D eigenvalue weighted by molar-refractivity contribution is 0.0543. The van der Waals surface area contributed by atoms with Gasteiger partial charge in [0.2, 0.25) is 0 Å². The summed E-state index contributed by atoms with van der Waals surface area (Å²) in [6, 6.07) is 18.2. The summed E-state index contributed by atoms with van der Waals surface area (Å²) >= 11 is 0. The van der Waals surface area contributed by atoms with Crippen molar-refractivity contribution in [3.8, 4) is 5.75 Å². The monoisotopic (exact) mass is 283 g/mol. The molecule has 21 heavy (non-hydrogen) atoms. The minimum Gasteiger partial charge on any atom is -0.493 e. The lowest BCUT2D eigenvalue weighted by atomic mass is 9.77. The predicted molar refractivity (Wildman–Crippen MR) is 83.1 cm³/mol. The Balaban J connectivity index is 1.91. The standard InChI is InChI=1S/C18H21NO2/c1-14-12-21-17-10-6-5-9-16(17)18(14,13-20)19-11-15-7-3-2-4-8-15/h2-10,14,19-20H,11-13H2,1H3.